The van der Waals surface area contributed by atoms with Gasteiger partial charge >= 0.3 is 23.9 Å². The summed E-state index contributed by atoms with van der Waals surface area (Å²) in [5.74, 6) is 1.08. The smallest absolute Gasteiger partial charge is 0.303 e. The Balaban J connectivity index is 1.61. The lowest BCUT2D eigenvalue weighted by Gasteiger charge is -2.60. The lowest BCUT2D eigenvalue weighted by molar-refractivity contribution is -0.158. The Labute approximate surface area is 258 Å². The summed E-state index contributed by atoms with van der Waals surface area (Å²) in [5.41, 5.74) is 2.23. The lowest BCUT2D eigenvalue weighted by atomic mass is 9.45. The number of esters is 4. The van der Waals surface area contributed by atoms with Crippen LogP contribution in [0, 0.1) is 40.4 Å². The normalized spacial score (nSPS) is 37.5. The van der Waals surface area contributed by atoms with Gasteiger partial charge in [0.05, 0.1) is 6.61 Å². The zero-order chi connectivity index (χ0) is 31.7. The van der Waals surface area contributed by atoms with E-state index in [-0.39, 0.29) is 52.8 Å². The van der Waals surface area contributed by atoms with Gasteiger partial charge < -0.3 is 18.9 Å². The van der Waals surface area contributed by atoms with Crippen LogP contribution in [0.2, 0.25) is 0 Å². The number of carbonyl (C=O) groups excluding carboxylic acids is 4. The number of fused-ring (bicyclic) bond motifs is 5. The maximum absolute atomic E-state index is 12.4. The summed E-state index contributed by atoms with van der Waals surface area (Å²) in [6.07, 6.45) is 8.79. The average molecular weight is 603 g/mol. The van der Waals surface area contributed by atoms with E-state index in [9.17, 15) is 19.2 Å². The van der Waals surface area contributed by atoms with Crippen molar-refractivity contribution < 1.29 is 38.1 Å². The maximum atomic E-state index is 12.4. The molecular weight excluding hydrogens is 548 g/mol. The van der Waals surface area contributed by atoms with E-state index in [1.807, 2.05) is 6.92 Å². The molecule has 0 radical (unpaired) electrons. The van der Waals surface area contributed by atoms with Crippen LogP contribution in [-0.4, -0.2) is 48.8 Å². The van der Waals surface area contributed by atoms with E-state index in [1.54, 1.807) is 0 Å². The van der Waals surface area contributed by atoms with Gasteiger partial charge in [0.15, 0.2) is 0 Å². The molecule has 4 aliphatic carbocycles. The molecule has 4 saturated carbocycles. The Morgan fingerprint density at radius 2 is 1.49 bits per heavy atom. The highest BCUT2D eigenvalue weighted by molar-refractivity contribution is 5.68. The Kier molecular flexibility index (Phi) is 10.4. The van der Waals surface area contributed by atoms with E-state index in [4.69, 9.17) is 18.9 Å². The molecule has 0 unspecified atom stereocenters. The molecule has 0 heterocycles. The summed E-state index contributed by atoms with van der Waals surface area (Å²) < 4.78 is 22.9. The molecule has 0 aromatic heterocycles. The van der Waals surface area contributed by atoms with Crippen LogP contribution in [0.15, 0.2) is 11.1 Å². The van der Waals surface area contributed by atoms with Crippen LogP contribution >= 0.6 is 0 Å². The molecular formula is C35H54O8. The van der Waals surface area contributed by atoms with Crippen molar-refractivity contribution in [1.29, 1.82) is 0 Å². The van der Waals surface area contributed by atoms with Crippen LogP contribution in [0.1, 0.15) is 120 Å². The topological polar surface area (TPSA) is 105 Å². The Morgan fingerprint density at radius 1 is 0.791 bits per heavy atom. The van der Waals surface area contributed by atoms with Gasteiger partial charge in [-0.1, -0.05) is 20.8 Å². The fourth-order valence-corrected chi connectivity index (χ4v) is 9.89. The van der Waals surface area contributed by atoms with E-state index >= 15 is 0 Å². The van der Waals surface area contributed by atoms with Crippen molar-refractivity contribution in [2.75, 3.05) is 6.61 Å². The van der Waals surface area contributed by atoms with Crippen molar-refractivity contribution >= 4 is 23.9 Å². The molecule has 0 aromatic rings. The first-order valence-electron chi connectivity index (χ1n) is 16.5. The molecule has 8 heteroatoms. The SMILES string of the molecule is CC(=O)OC[C@@H](C)CC[C@H](OC(C)=O)/C(C)=C1/[C@H](OC(C)=O)C[C@H]2[C@@H]3CC[C@H]4C[C@@H](OC(C)=O)CC[C@]4(C)[C@H]3CC[C@]12C. The van der Waals surface area contributed by atoms with E-state index in [2.05, 4.69) is 20.8 Å². The van der Waals surface area contributed by atoms with Gasteiger partial charge in [-0.05, 0) is 123 Å². The molecule has 0 saturated heterocycles. The largest absolute Gasteiger partial charge is 0.466 e. The molecule has 8 nitrogen and oxygen atoms in total. The van der Waals surface area contributed by atoms with Gasteiger partial charge in [-0.15, -0.1) is 0 Å². The third-order valence-corrected chi connectivity index (χ3v) is 11.8. The molecule has 4 fully saturated rings. The second kappa shape index (κ2) is 13.3. The highest BCUT2D eigenvalue weighted by Crippen LogP contribution is 2.68. The minimum atomic E-state index is -0.427. The van der Waals surface area contributed by atoms with Gasteiger partial charge in [0.2, 0.25) is 0 Å². The zero-order valence-corrected chi connectivity index (χ0v) is 27.7. The molecule has 0 N–H and O–H groups in total. The summed E-state index contributed by atoms with van der Waals surface area (Å²) >= 11 is 0. The fraction of sp³-hybridized carbons (Fsp3) is 0.829. The summed E-state index contributed by atoms with van der Waals surface area (Å²) in [5, 5.41) is 0. The summed E-state index contributed by atoms with van der Waals surface area (Å²) in [6, 6.07) is 0. The van der Waals surface area contributed by atoms with Gasteiger partial charge in [0.1, 0.15) is 18.3 Å². The predicted octanol–water partition coefficient (Wildman–Crippen LogP) is 6.73. The third kappa shape index (κ3) is 7.14. The van der Waals surface area contributed by atoms with Crippen molar-refractivity contribution in [3.63, 3.8) is 0 Å². The molecule has 0 aromatic carbocycles. The molecule has 0 spiro atoms. The fourth-order valence-electron chi connectivity index (χ4n) is 9.89. The maximum Gasteiger partial charge on any atom is 0.303 e. The zero-order valence-electron chi connectivity index (χ0n) is 27.7. The minimum Gasteiger partial charge on any atom is -0.466 e. The van der Waals surface area contributed by atoms with Crippen molar-refractivity contribution in [3.8, 4) is 0 Å². The second-order valence-corrected chi connectivity index (χ2v) is 14.6. The van der Waals surface area contributed by atoms with E-state index < -0.39 is 6.10 Å². The van der Waals surface area contributed by atoms with Crippen molar-refractivity contribution in [3.05, 3.63) is 11.1 Å². The summed E-state index contributed by atoms with van der Waals surface area (Å²) in [6.45, 7) is 15.1. The molecule has 0 amide bonds. The minimum absolute atomic E-state index is 0.0351. The van der Waals surface area contributed by atoms with Gasteiger partial charge in [0, 0.05) is 27.7 Å². The number of hydrogen-bond donors (Lipinski definition) is 0. The third-order valence-electron chi connectivity index (χ3n) is 11.8. The van der Waals surface area contributed by atoms with Gasteiger partial charge in [0.25, 0.3) is 0 Å². The molecule has 4 rings (SSSR count). The standard InChI is InChI=1S/C35H54O8/c1-20(19-40-22(3)36)9-12-31(42-24(5)38)21(2)33-32(43-25(6)39)18-30-28-11-10-26-17-27(41-23(4)37)13-15-34(26,7)29(28)14-16-35(30,33)8/h20,26-32H,9-19H2,1-8H3/b33-21-/t20-,26-,27-,28+,29-,30-,31-,32+,34-,35-/m0/s1. The number of hydrogen-bond acceptors (Lipinski definition) is 8. The monoisotopic (exact) mass is 602 g/mol. The molecule has 0 aliphatic heterocycles. The van der Waals surface area contributed by atoms with Crippen LogP contribution in [-0.2, 0) is 38.1 Å². The van der Waals surface area contributed by atoms with E-state index in [1.165, 1.54) is 27.7 Å². The molecule has 4 aliphatic rings. The average Bonchev–Trinajstić information content (AvgIpc) is 3.20. The molecule has 242 valence electrons. The first-order valence-corrected chi connectivity index (χ1v) is 16.5. The Morgan fingerprint density at radius 3 is 2.12 bits per heavy atom. The van der Waals surface area contributed by atoms with Crippen LogP contribution in [0.25, 0.3) is 0 Å². The highest BCUT2D eigenvalue weighted by atomic mass is 16.6. The highest BCUT2D eigenvalue weighted by Gasteiger charge is 2.62. The van der Waals surface area contributed by atoms with Crippen molar-refractivity contribution in [2.45, 2.75) is 138 Å². The van der Waals surface area contributed by atoms with Crippen LogP contribution < -0.4 is 0 Å². The van der Waals surface area contributed by atoms with Crippen LogP contribution in [0.4, 0.5) is 0 Å². The summed E-state index contributed by atoms with van der Waals surface area (Å²) in [4.78, 5) is 47.6. The summed E-state index contributed by atoms with van der Waals surface area (Å²) in [7, 11) is 0. The van der Waals surface area contributed by atoms with Crippen LogP contribution in [0.5, 0.6) is 0 Å². The predicted molar refractivity (Wildman–Crippen MR) is 162 cm³/mol. The Bertz CT molecular complexity index is 1110. The van der Waals surface area contributed by atoms with Crippen LogP contribution in [0.3, 0.4) is 0 Å². The van der Waals surface area contributed by atoms with E-state index in [0.29, 0.717) is 36.7 Å². The van der Waals surface area contributed by atoms with Crippen molar-refractivity contribution in [1.82, 2.24) is 0 Å². The quantitative estimate of drug-likeness (QED) is 0.163. The molecule has 10 atom stereocenters. The second-order valence-electron chi connectivity index (χ2n) is 14.6. The van der Waals surface area contributed by atoms with Gasteiger partial charge in [-0.25, -0.2) is 0 Å². The number of carbonyl (C=O) groups is 4. The molecule has 0 bridgehead atoms. The first-order chi connectivity index (χ1) is 20.2. The Hall–Kier alpha value is -2.38. The lowest BCUT2D eigenvalue weighted by Crippen LogP contribution is -2.53. The van der Waals surface area contributed by atoms with Gasteiger partial charge in [-0.3, -0.25) is 19.2 Å². The van der Waals surface area contributed by atoms with Gasteiger partial charge in [-0.2, -0.15) is 0 Å². The molecule has 43 heavy (non-hydrogen) atoms. The number of rotatable bonds is 9. The number of ether oxygens (including phenoxy) is 4. The van der Waals surface area contributed by atoms with Crippen molar-refractivity contribution in [2.24, 2.45) is 40.4 Å². The van der Waals surface area contributed by atoms with E-state index in [0.717, 1.165) is 68.9 Å². The first kappa shape index (κ1) is 33.5.